The number of carbonyl (C=O) groups excluding carboxylic acids is 1. The van der Waals surface area contributed by atoms with Crippen molar-refractivity contribution in [3.05, 3.63) is 42.4 Å². The number of amides is 1. The summed E-state index contributed by atoms with van der Waals surface area (Å²) < 4.78 is 0. The molecule has 9 nitrogen and oxygen atoms in total. The van der Waals surface area contributed by atoms with Gasteiger partial charge in [0, 0.05) is 36.9 Å². The minimum Gasteiger partial charge on any atom is -0.366 e. The fourth-order valence-electron chi connectivity index (χ4n) is 3.80. The lowest BCUT2D eigenvalue weighted by Gasteiger charge is -2.30. The predicted molar refractivity (Wildman–Crippen MR) is 113 cm³/mol. The highest BCUT2D eigenvalue weighted by Crippen LogP contribution is 2.23. The van der Waals surface area contributed by atoms with Crippen molar-refractivity contribution in [1.82, 2.24) is 20.6 Å². The Morgan fingerprint density at radius 2 is 2.00 bits per heavy atom. The van der Waals surface area contributed by atoms with Gasteiger partial charge in [0.25, 0.3) is 0 Å². The van der Waals surface area contributed by atoms with E-state index in [1.54, 1.807) is 18.6 Å². The molecule has 0 spiro atoms. The van der Waals surface area contributed by atoms with Gasteiger partial charge in [-0.3, -0.25) is 19.8 Å². The van der Waals surface area contributed by atoms with E-state index in [4.69, 9.17) is 11.5 Å². The van der Waals surface area contributed by atoms with Gasteiger partial charge in [0.1, 0.15) is 6.17 Å². The number of aromatic nitrogens is 2. The molecular weight excluding hydrogens is 368 g/mol. The molecule has 2 aliphatic rings. The maximum absolute atomic E-state index is 11.9. The summed E-state index contributed by atoms with van der Waals surface area (Å²) in [5, 5.41) is 9.53. The Morgan fingerprint density at radius 1 is 1.21 bits per heavy atom. The van der Waals surface area contributed by atoms with E-state index in [1.165, 1.54) is 12.8 Å². The molecule has 0 saturated heterocycles. The number of anilines is 1. The molecule has 1 aliphatic heterocycles. The van der Waals surface area contributed by atoms with Crippen LogP contribution in [0.4, 0.5) is 5.69 Å². The standard InChI is InChI=1S/C20H26N8O/c21-15-4-2-1-3-12(15)10-25-20-26-11-14(18(22)29)19(28-20)27-13-5-6-16-17(9-13)24-8-7-23-16/h5-9,11-12,15,19,27H,1-4,10,21H2,(H2,22,29)(H2,25,26,28)/t12-,15-,19?/m0/s1. The monoisotopic (exact) mass is 394 g/mol. The third-order valence-corrected chi connectivity index (χ3v) is 5.47. The second kappa shape index (κ2) is 8.44. The molecule has 152 valence electrons. The van der Waals surface area contributed by atoms with Crippen molar-refractivity contribution in [2.75, 3.05) is 11.9 Å². The summed E-state index contributed by atoms with van der Waals surface area (Å²) in [6.07, 6.45) is 8.92. The van der Waals surface area contributed by atoms with Crippen molar-refractivity contribution >= 4 is 28.6 Å². The smallest absolute Gasteiger partial charge is 0.250 e. The minimum atomic E-state index is -0.517. The molecule has 0 radical (unpaired) electrons. The first-order valence-electron chi connectivity index (χ1n) is 9.90. The maximum Gasteiger partial charge on any atom is 0.250 e. The average Bonchev–Trinajstić information content (AvgIpc) is 2.73. The molecular formula is C20H26N8O. The summed E-state index contributed by atoms with van der Waals surface area (Å²) in [6.45, 7) is 0.647. The molecule has 1 fully saturated rings. The lowest BCUT2D eigenvalue weighted by Crippen LogP contribution is -2.53. The van der Waals surface area contributed by atoms with Crippen molar-refractivity contribution in [2.45, 2.75) is 37.9 Å². The van der Waals surface area contributed by atoms with Gasteiger partial charge >= 0.3 is 0 Å². The summed E-state index contributed by atoms with van der Waals surface area (Å²) in [6, 6.07) is 5.83. The maximum atomic E-state index is 11.9. The molecule has 1 aromatic carbocycles. The fourth-order valence-corrected chi connectivity index (χ4v) is 3.80. The van der Waals surface area contributed by atoms with Gasteiger partial charge in [0.2, 0.25) is 5.91 Å². The number of aliphatic imine (C=N–C) groups is 1. The van der Waals surface area contributed by atoms with Crippen LogP contribution in [0.5, 0.6) is 0 Å². The van der Waals surface area contributed by atoms with Crippen LogP contribution in [-0.2, 0) is 4.79 Å². The molecule has 29 heavy (non-hydrogen) atoms. The number of nitrogens with zero attached hydrogens (tertiary/aromatic N) is 3. The molecule has 4 rings (SSSR count). The van der Waals surface area contributed by atoms with Crippen LogP contribution in [0.3, 0.4) is 0 Å². The fraction of sp³-hybridized carbons (Fsp3) is 0.400. The van der Waals surface area contributed by atoms with Gasteiger partial charge in [0.05, 0.1) is 16.6 Å². The van der Waals surface area contributed by atoms with E-state index in [0.717, 1.165) is 29.6 Å². The van der Waals surface area contributed by atoms with Crippen LogP contribution in [-0.4, -0.2) is 40.6 Å². The topological polar surface area (TPSA) is 143 Å². The molecule has 1 aliphatic carbocycles. The Kier molecular flexibility index (Phi) is 5.57. The van der Waals surface area contributed by atoms with Gasteiger partial charge in [-0.15, -0.1) is 0 Å². The van der Waals surface area contributed by atoms with Crippen LogP contribution < -0.4 is 27.4 Å². The number of benzene rings is 1. The van der Waals surface area contributed by atoms with Crippen molar-refractivity contribution in [3.63, 3.8) is 0 Å². The number of fused-ring (bicyclic) bond motifs is 1. The largest absolute Gasteiger partial charge is 0.366 e. The van der Waals surface area contributed by atoms with E-state index in [9.17, 15) is 4.79 Å². The minimum absolute atomic E-state index is 0.195. The lowest BCUT2D eigenvalue weighted by molar-refractivity contribution is -0.114. The van der Waals surface area contributed by atoms with Gasteiger partial charge in [-0.1, -0.05) is 12.8 Å². The molecule has 1 saturated carbocycles. The number of guanidine groups is 1. The molecule has 2 aromatic rings. The molecule has 1 aromatic heterocycles. The zero-order chi connectivity index (χ0) is 20.2. The average molecular weight is 394 g/mol. The molecule has 9 heteroatoms. The molecule has 1 unspecified atom stereocenters. The summed E-state index contributed by atoms with van der Waals surface area (Å²) in [5.41, 5.74) is 14.5. The zero-order valence-corrected chi connectivity index (χ0v) is 16.1. The summed E-state index contributed by atoms with van der Waals surface area (Å²) in [7, 11) is 0. The lowest BCUT2D eigenvalue weighted by atomic mass is 9.85. The normalized spacial score (nSPS) is 25.8. The van der Waals surface area contributed by atoms with Crippen molar-refractivity contribution in [2.24, 2.45) is 22.4 Å². The number of nitrogens with two attached hydrogens (primary N) is 2. The summed E-state index contributed by atoms with van der Waals surface area (Å²) in [4.78, 5) is 25.1. The number of primary amides is 1. The highest BCUT2D eigenvalue weighted by atomic mass is 16.1. The van der Waals surface area contributed by atoms with Crippen molar-refractivity contribution < 1.29 is 4.79 Å². The number of carbonyl (C=O) groups is 1. The molecule has 0 bridgehead atoms. The Labute approximate surface area is 169 Å². The highest BCUT2D eigenvalue weighted by Gasteiger charge is 2.26. The van der Waals surface area contributed by atoms with Crippen LogP contribution in [0.25, 0.3) is 11.0 Å². The van der Waals surface area contributed by atoms with E-state index in [-0.39, 0.29) is 6.04 Å². The van der Waals surface area contributed by atoms with E-state index >= 15 is 0 Å². The number of rotatable bonds is 5. The Bertz CT molecular complexity index is 956. The quantitative estimate of drug-likeness (QED) is 0.505. The molecule has 2 heterocycles. The van der Waals surface area contributed by atoms with Crippen LogP contribution in [0.1, 0.15) is 25.7 Å². The Morgan fingerprint density at radius 3 is 2.79 bits per heavy atom. The van der Waals surface area contributed by atoms with E-state index in [0.29, 0.717) is 24.0 Å². The van der Waals surface area contributed by atoms with Gasteiger partial charge < -0.3 is 27.4 Å². The second-order valence-electron chi connectivity index (χ2n) is 7.49. The first kappa shape index (κ1) is 19.1. The third kappa shape index (κ3) is 4.45. The van der Waals surface area contributed by atoms with Gasteiger partial charge in [-0.05, 0) is 37.0 Å². The third-order valence-electron chi connectivity index (χ3n) is 5.47. The van der Waals surface area contributed by atoms with Crippen LogP contribution in [0.2, 0.25) is 0 Å². The van der Waals surface area contributed by atoms with Crippen LogP contribution in [0.15, 0.2) is 47.4 Å². The van der Waals surface area contributed by atoms with E-state index in [1.807, 2.05) is 18.2 Å². The van der Waals surface area contributed by atoms with Gasteiger partial charge in [-0.2, -0.15) is 0 Å². The SMILES string of the molecule is NC(=O)C1=CNC(=NC[C@@H]2CCCC[C@@H]2N)NC1Nc1ccc2nccnc2c1. The van der Waals surface area contributed by atoms with E-state index in [2.05, 4.69) is 30.9 Å². The summed E-state index contributed by atoms with van der Waals surface area (Å²) >= 11 is 0. The molecule has 7 N–H and O–H groups in total. The zero-order valence-electron chi connectivity index (χ0n) is 16.1. The molecule has 1 amide bonds. The molecule has 3 atom stereocenters. The highest BCUT2D eigenvalue weighted by molar-refractivity contribution is 5.97. The van der Waals surface area contributed by atoms with Crippen LogP contribution in [0, 0.1) is 5.92 Å². The predicted octanol–water partition coefficient (Wildman–Crippen LogP) is 0.803. The van der Waals surface area contributed by atoms with Gasteiger partial charge in [-0.25, -0.2) is 0 Å². The van der Waals surface area contributed by atoms with Gasteiger partial charge in [0.15, 0.2) is 5.96 Å². The van der Waals surface area contributed by atoms with Crippen molar-refractivity contribution in [1.29, 1.82) is 0 Å². The van der Waals surface area contributed by atoms with E-state index < -0.39 is 12.1 Å². The number of nitrogens with one attached hydrogen (secondary N) is 3. The van der Waals surface area contributed by atoms with Crippen molar-refractivity contribution in [3.8, 4) is 0 Å². The number of hydrogen-bond donors (Lipinski definition) is 5. The second-order valence-corrected chi connectivity index (χ2v) is 7.49. The Balaban J connectivity index is 1.50. The summed E-state index contributed by atoms with van der Waals surface area (Å²) in [5.74, 6) is 0.453. The first-order valence-corrected chi connectivity index (χ1v) is 9.90. The van der Waals surface area contributed by atoms with Crippen LogP contribution >= 0.6 is 0 Å². The first-order chi connectivity index (χ1) is 14.1. The number of hydrogen-bond acceptors (Lipinski definition) is 6. The Hall–Kier alpha value is -3.20.